The topological polar surface area (TPSA) is 0 Å². The van der Waals surface area contributed by atoms with Gasteiger partial charge in [-0.1, -0.05) is 69.6 Å². The van der Waals surface area contributed by atoms with Crippen molar-refractivity contribution in [1.82, 2.24) is 0 Å². The molecule has 0 nitrogen and oxygen atoms in total. The molecule has 18 heavy (non-hydrogen) atoms. The Morgan fingerprint density at radius 1 is 0.500 bits per heavy atom. The van der Waals surface area contributed by atoms with Gasteiger partial charge in [-0.3, -0.25) is 0 Å². The average molecular weight is 385 g/mol. The van der Waals surface area contributed by atoms with Crippen LogP contribution in [0.4, 0.5) is 17.6 Å². The quantitative estimate of drug-likeness (QED) is 0.226. The molecule has 0 bridgehead atoms. The number of hydrogen-bond donors (Lipinski definition) is 0. The third-order valence-corrected chi connectivity index (χ3v) is 2.96. The summed E-state index contributed by atoms with van der Waals surface area (Å²) in [7, 11) is 0. The van der Waals surface area contributed by atoms with E-state index in [1.54, 1.807) is 0 Å². The van der Waals surface area contributed by atoms with Crippen LogP contribution in [0.3, 0.4) is 0 Å². The fourth-order valence-corrected chi connectivity index (χ4v) is 2.13. The first-order valence-electron chi connectivity index (χ1n) is 3.89. The van der Waals surface area contributed by atoms with Gasteiger partial charge < -0.3 is 0 Å². The van der Waals surface area contributed by atoms with E-state index in [4.69, 9.17) is 69.6 Å². The lowest BCUT2D eigenvalue weighted by atomic mass is 10.1. The lowest BCUT2D eigenvalue weighted by molar-refractivity contribution is 0.417. The molecule has 0 aliphatic carbocycles. The maximum atomic E-state index is 13.8. The SMILES string of the molecule is Fc1c(F)c(C(Cl)(Cl)Cl)c(F)c(C(Cl)(Cl)Cl)c1F. The number of halogens is 10. The fraction of sp³-hybridized carbons (Fsp3) is 0.250. The first-order valence-corrected chi connectivity index (χ1v) is 6.16. The van der Waals surface area contributed by atoms with E-state index in [1.165, 1.54) is 0 Å². The van der Waals surface area contributed by atoms with Gasteiger partial charge in [-0.2, -0.15) is 0 Å². The van der Waals surface area contributed by atoms with Crippen molar-refractivity contribution in [2.45, 2.75) is 7.59 Å². The summed E-state index contributed by atoms with van der Waals surface area (Å²) >= 11 is 31.5. The maximum Gasteiger partial charge on any atom is 0.221 e. The van der Waals surface area contributed by atoms with E-state index >= 15 is 0 Å². The average Bonchev–Trinajstić information content (AvgIpc) is 2.09. The Labute approximate surface area is 129 Å². The van der Waals surface area contributed by atoms with Gasteiger partial charge in [0.1, 0.15) is 5.82 Å². The summed E-state index contributed by atoms with van der Waals surface area (Å²) in [6, 6.07) is 0. The van der Waals surface area contributed by atoms with Crippen LogP contribution in [0.2, 0.25) is 0 Å². The third kappa shape index (κ3) is 3.05. The number of hydrogen-bond acceptors (Lipinski definition) is 0. The molecule has 1 aromatic carbocycles. The molecule has 0 N–H and O–H groups in total. The van der Waals surface area contributed by atoms with Crippen LogP contribution >= 0.6 is 69.6 Å². The third-order valence-electron chi connectivity index (χ3n) is 1.83. The van der Waals surface area contributed by atoms with Crippen molar-refractivity contribution in [3.05, 3.63) is 34.4 Å². The predicted octanol–water partition coefficient (Wildman–Crippen LogP) is 5.90. The largest absolute Gasteiger partial charge is 0.221 e. The highest BCUT2D eigenvalue weighted by molar-refractivity contribution is 6.67. The van der Waals surface area contributed by atoms with Gasteiger partial charge in [0, 0.05) is 0 Å². The molecule has 102 valence electrons. The second-order valence-corrected chi connectivity index (χ2v) is 7.56. The van der Waals surface area contributed by atoms with Gasteiger partial charge in [-0.25, -0.2) is 17.6 Å². The van der Waals surface area contributed by atoms with E-state index in [0.29, 0.717) is 0 Å². The summed E-state index contributed by atoms with van der Waals surface area (Å²) in [5, 5.41) is 0. The smallest absolute Gasteiger partial charge is 0.206 e. The Morgan fingerprint density at radius 3 is 1.00 bits per heavy atom. The Bertz CT molecular complexity index is 449. The monoisotopic (exact) mass is 382 g/mol. The Balaban J connectivity index is 3.83. The van der Waals surface area contributed by atoms with E-state index in [1.807, 2.05) is 0 Å². The van der Waals surface area contributed by atoms with E-state index in [-0.39, 0.29) is 0 Å². The minimum atomic E-state index is -2.70. The lowest BCUT2D eigenvalue weighted by Crippen LogP contribution is -2.18. The van der Waals surface area contributed by atoms with Crippen molar-refractivity contribution in [3.63, 3.8) is 0 Å². The van der Waals surface area contributed by atoms with E-state index in [9.17, 15) is 17.6 Å². The second-order valence-electron chi connectivity index (χ2n) is 3.00. The van der Waals surface area contributed by atoms with Crippen LogP contribution in [-0.4, -0.2) is 0 Å². The van der Waals surface area contributed by atoms with E-state index < -0.39 is 42.0 Å². The first kappa shape index (κ1) is 16.7. The second kappa shape index (κ2) is 5.23. The number of benzene rings is 1. The normalized spacial score (nSPS) is 13.0. The van der Waals surface area contributed by atoms with Crippen LogP contribution < -0.4 is 0 Å². The van der Waals surface area contributed by atoms with Gasteiger partial charge in [0.2, 0.25) is 7.59 Å². The molecule has 0 heterocycles. The molecule has 1 aromatic rings. The van der Waals surface area contributed by atoms with Crippen molar-refractivity contribution >= 4 is 69.6 Å². The highest BCUT2D eigenvalue weighted by Gasteiger charge is 2.42. The van der Waals surface area contributed by atoms with Crippen LogP contribution in [0.15, 0.2) is 0 Å². The minimum absolute atomic E-state index is 1.37. The predicted molar refractivity (Wildman–Crippen MR) is 64.7 cm³/mol. The summed E-state index contributed by atoms with van der Waals surface area (Å²) < 4.78 is 48.3. The molecule has 0 fully saturated rings. The summed E-state index contributed by atoms with van der Waals surface area (Å²) in [5.74, 6) is -7.92. The minimum Gasteiger partial charge on any atom is -0.206 e. The molecule has 0 unspecified atom stereocenters. The van der Waals surface area contributed by atoms with Crippen LogP contribution in [0, 0.1) is 23.3 Å². The zero-order valence-electron chi connectivity index (χ0n) is 7.78. The zero-order valence-corrected chi connectivity index (χ0v) is 12.3. The molecule has 0 aliphatic rings. The molecule has 1 rings (SSSR count). The molecule has 0 saturated carbocycles. The Hall–Kier alpha value is 0.680. The Kier molecular flexibility index (Phi) is 4.86. The summed E-state index contributed by atoms with van der Waals surface area (Å²) in [6.07, 6.45) is 0. The molecule has 0 saturated heterocycles. The van der Waals surface area contributed by atoms with Gasteiger partial charge in [-0.05, 0) is 0 Å². The molecule has 0 radical (unpaired) electrons. The molecule has 0 aliphatic heterocycles. The van der Waals surface area contributed by atoms with Crippen molar-refractivity contribution in [1.29, 1.82) is 0 Å². The van der Waals surface area contributed by atoms with Crippen LogP contribution in [0.1, 0.15) is 11.1 Å². The summed E-state index contributed by atoms with van der Waals surface area (Å²) in [4.78, 5) is 0. The zero-order chi connectivity index (χ0) is 14.5. The number of rotatable bonds is 0. The van der Waals surface area contributed by atoms with Crippen molar-refractivity contribution in [2.24, 2.45) is 0 Å². The summed E-state index contributed by atoms with van der Waals surface area (Å²) in [5.41, 5.74) is -2.74. The van der Waals surface area contributed by atoms with Crippen LogP contribution in [-0.2, 0) is 7.59 Å². The molecule has 0 atom stereocenters. The van der Waals surface area contributed by atoms with Crippen LogP contribution in [0.25, 0.3) is 0 Å². The summed E-state index contributed by atoms with van der Waals surface area (Å²) in [6.45, 7) is 0. The first-order chi connectivity index (χ1) is 7.89. The molecule has 10 heteroatoms. The van der Waals surface area contributed by atoms with Crippen molar-refractivity contribution < 1.29 is 17.6 Å². The maximum absolute atomic E-state index is 13.8. The van der Waals surface area contributed by atoms with Crippen molar-refractivity contribution in [3.8, 4) is 0 Å². The highest BCUT2D eigenvalue weighted by Crippen LogP contribution is 2.48. The van der Waals surface area contributed by atoms with Crippen molar-refractivity contribution in [2.75, 3.05) is 0 Å². The molecule has 0 aromatic heterocycles. The lowest BCUT2D eigenvalue weighted by Gasteiger charge is -2.20. The van der Waals surface area contributed by atoms with Gasteiger partial charge in [-0.15, -0.1) is 0 Å². The van der Waals surface area contributed by atoms with Gasteiger partial charge in [0.05, 0.1) is 11.1 Å². The molecule has 0 amide bonds. The van der Waals surface area contributed by atoms with E-state index in [0.717, 1.165) is 0 Å². The highest BCUT2D eigenvalue weighted by atomic mass is 35.6. The molecular formula is C8Cl6F4. The van der Waals surface area contributed by atoms with Crippen LogP contribution in [0.5, 0.6) is 0 Å². The van der Waals surface area contributed by atoms with E-state index in [2.05, 4.69) is 0 Å². The standard InChI is InChI=1S/C8Cl6F4/c9-7(10,11)1-3(15)2(8(12,13)14)5(17)6(18)4(1)16. The molecular weight excluding hydrogens is 385 g/mol. The van der Waals surface area contributed by atoms with Gasteiger partial charge in [0.15, 0.2) is 17.5 Å². The Morgan fingerprint density at radius 2 is 0.778 bits per heavy atom. The van der Waals surface area contributed by atoms with Gasteiger partial charge in [0.25, 0.3) is 0 Å². The molecule has 0 spiro atoms. The fourth-order valence-electron chi connectivity index (χ4n) is 1.13. The number of alkyl halides is 6. The van der Waals surface area contributed by atoms with Gasteiger partial charge >= 0.3 is 0 Å².